The Morgan fingerprint density at radius 3 is 2.20 bits per heavy atom. The Labute approximate surface area is 86.8 Å². The van der Waals surface area contributed by atoms with Gasteiger partial charge in [-0.1, -0.05) is 0 Å². The summed E-state index contributed by atoms with van der Waals surface area (Å²) in [7, 11) is 3.04. The summed E-state index contributed by atoms with van der Waals surface area (Å²) >= 11 is 0. The van der Waals surface area contributed by atoms with Gasteiger partial charge in [-0.15, -0.1) is 0 Å². The summed E-state index contributed by atoms with van der Waals surface area (Å²) in [4.78, 5) is 8.48. The lowest BCUT2D eigenvalue weighted by Crippen LogP contribution is -1.97. The van der Waals surface area contributed by atoms with Gasteiger partial charge in [-0.25, -0.2) is 9.97 Å². The normalized spacial score (nSPS) is 10.3. The zero-order valence-electron chi connectivity index (χ0n) is 8.52. The van der Waals surface area contributed by atoms with Crippen LogP contribution in [-0.4, -0.2) is 24.2 Å². The van der Waals surface area contributed by atoms with Gasteiger partial charge >= 0.3 is 0 Å². The van der Waals surface area contributed by atoms with Crippen LogP contribution in [0, 0.1) is 0 Å². The molecule has 0 saturated carbocycles. The number of anilines is 1. The Morgan fingerprint density at radius 1 is 1.00 bits per heavy atom. The van der Waals surface area contributed by atoms with Gasteiger partial charge in [-0.3, -0.25) is 0 Å². The smallest absolute Gasteiger partial charge is 0.278 e. The van der Waals surface area contributed by atoms with Gasteiger partial charge in [-0.2, -0.15) is 0 Å². The summed E-state index contributed by atoms with van der Waals surface area (Å²) in [6.07, 6.45) is 0. The summed E-state index contributed by atoms with van der Waals surface area (Å²) in [5, 5.41) is 0. The minimum Gasteiger partial charge on any atom is -0.477 e. The molecule has 2 rings (SSSR count). The number of methoxy groups -OCH3 is 2. The highest BCUT2D eigenvalue weighted by Gasteiger charge is 2.09. The predicted molar refractivity (Wildman–Crippen MR) is 57.1 cm³/mol. The van der Waals surface area contributed by atoms with E-state index in [1.165, 1.54) is 14.2 Å². The van der Waals surface area contributed by atoms with Gasteiger partial charge in [0, 0.05) is 5.69 Å². The molecule has 0 aliphatic carbocycles. The molecule has 2 aromatic rings. The first-order valence-electron chi connectivity index (χ1n) is 4.40. The monoisotopic (exact) mass is 205 g/mol. The van der Waals surface area contributed by atoms with Gasteiger partial charge in [-0.05, 0) is 18.2 Å². The van der Waals surface area contributed by atoms with Crippen molar-refractivity contribution in [3.8, 4) is 11.8 Å². The van der Waals surface area contributed by atoms with Crippen molar-refractivity contribution in [2.75, 3.05) is 20.0 Å². The number of fused-ring (bicyclic) bond motifs is 1. The Morgan fingerprint density at radius 2 is 1.60 bits per heavy atom. The van der Waals surface area contributed by atoms with E-state index in [0.29, 0.717) is 23.0 Å². The number of hydrogen-bond donors (Lipinski definition) is 1. The summed E-state index contributed by atoms with van der Waals surface area (Å²) in [5.74, 6) is 0.727. The van der Waals surface area contributed by atoms with Crippen molar-refractivity contribution in [3.63, 3.8) is 0 Å². The predicted octanol–water partition coefficient (Wildman–Crippen LogP) is 1.23. The van der Waals surface area contributed by atoms with Gasteiger partial charge in [0.1, 0.15) is 0 Å². The molecule has 0 amide bonds. The summed E-state index contributed by atoms with van der Waals surface area (Å²) in [5.41, 5.74) is 7.70. The molecule has 0 aliphatic rings. The molecule has 0 saturated heterocycles. The maximum Gasteiger partial charge on any atom is 0.278 e. The highest BCUT2D eigenvalue weighted by Crippen LogP contribution is 2.25. The van der Waals surface area contributed by atoms with Crippen LogP contribution in [0.25, 0.3) is 11.0 Å². The molecule has 1 aromatic heterocycles. The maximum absolute atomic E-state index is 5.65. The van der Waals surface area contributed by atoms with Crippen LogP contribution >= 0.6 is 0 Å². The second-order valence-corrected chi connectivity index (χ2v) is 2.99. The van der Waals surface area contributed by atoms with E-state index in [9.17, 15) is 0 Å². The molecule has 0 aliphatic heterocycles. The van der Waals surface area contributed by atoms with Crippen LogP contribution in [-0.2, 0) is 0 Å². The third-order valence-electron chi connectivity index (χ3n) is 2.01. The number of rotatable bonds is 2. The molecule has 0 spiro atoms. The second kappa shape index (κ2) is 3.61. The molecule has 1 aromatic carbocycles. The van der Waals surface area contributed by atoms with E-state index in [4.69, 9.17) is 15.2 Å². The third kappa shape index (κ3) is 1.63. The van der Waals surface area contributed by atoms with Gasteiger partial charge in [0.2, 0.25) is 0 Å². The fourth-order valence-corrected chi connectivity index (χ4v) is 1.30. The molecule has 0 radical (unpaired) electrons. The third-order valence-corrected chi connectivity index (χ3v) is 2.01. The fraction of sp³-hybridized carbons (Fsp3) is 0.200. The highest BCUT2D eigenvalue weighted by atomic mass is 16.5. The topological polar surface area (TPSA) is 70.3 Å². The standard InChI is InChI=1S/C10H11N3O2/c1-14-9-10(15-2)13-8-5-6(11)3-4-7(8)12-9/h3-5H,11H2,1-2H3. The van der Waals surface area contributed by atoms with Gasteiger partial charge in [0.15, 0.2) is 0 Å². The van der Waals surface area contributed by atoms with Gasteiger partial charge in [0.05, 0.1) is 25.3 Å². The largest absolute Gasteiger partial charge is 0.477 e. The van der Waals surface area contributed by atoms with E-state index in [0.717, 1.165) is 5.52 Å². The van der Waals surface area contributed by atoms with Crippen LogP contribution in [0.1, 0.15) is 0 Å². The molecule has 0 fully saturated rings. The van der Waals surface area contributed by atoms with Crippen molar-refractivity contribution in [1.29, 1.82) is 0 Å². The van der Waals surface area contributed by atoms with E-state index in [1.54, 1.807) is 18.2 Å². The molecule has 0 bridgehead atoms. The first-order chi connectivity index (χ1) is 7.24. The Hall–Kier alpha value is -2.04. The Kier molecular flexibility index (Phi) is 2.29. The Bertz CT molecular complexity index is 499. The molecule has 2 N–H and O–H groups in total. The van der Waals surface area contributed by atoms with E-state index < -0.39 is 0 Å². The number of nitrogens with two attached hydrogens (primary N) is 1. The quantitative estimate of drug-likeness (QED) is 0.746. The summed E-state index contributed by atoms with van der Waals surface area (Å²) in [6.45, 7) is 0. The van der Waals surface area contributed by atoms with Crippen LogP contribution in [0.15, 0.2) is 18.2 Å². The molecule has 1 heterocycles. The van der Waals surface area contributed by atoms with Gasteiger partial charge < -0.3 is 15.2 Å². The van der Waals surface area contributed by atoms with E-state index >= 15 is 0 Å². The maximum atomic E-state index is 5.65. The van der Waals surface area contributed by atoms with Crippen molar-refractivity contribution >= 4 is 16.7 Å². The number of hydrogen-bond acceptors (Lipinski definition) is 5. The lowest BCUT2D eigenvalue weighted by molar-refractivity contribution is 0.334. The number of nitrogen functional groups attached to an aromatic ring is 1. The first kappa shape index (κ1) is 9.51. The fourth-order valence-electron chi connectivity index (χ4n) is 1.30. The second-order valence-electron chi connectivity index (χ2n) is 2.99. The average Bonchev–Trinajstić information content (AvgIpc) is 2.27. The zero-order valence-corrected chi connectivity index (χ0v) is 8.52. The SMILES string of the molecule is COc1nc2ccc(N)cc2nc1OC. The summed E-state index contributed by atoms with van der Waals surface area (Å²) < 4.78 is 10.1. The molecular weight excluding hydrogens is 194 g/mol. The lowest BCUT2D eigenvalue weighted by atomic mass is 10.2. The Balaban J connectivity index is 2.69. The summed E-state index contributed by atoms with van der Waals surface area (Å²) in [6, 6.07) is 5.30. The highest BCUT2D eigenvalue weighted by molar-refractivity contribution is 5.79. The van der Waals surface area contributed by atoms with Crippen molar-refractivity contribution < 1.29 is 9.47 Å². The molecule has 5 heteroatoms. The van der Waals surface area contributed by atoms with Crippen molar-refractivity contribution in [2.24, 2.45) is 0 Å². The van der Waals surface area contributed by atoms with Crippen LogP contribution in [0.5, 0.6) is 11.8 Å². The van der Waals surface area contributed by atoms with Crippen molar-refractivity contribution in [3.05, 3.63) is 18.2 Å². The van der Waals surface area contributed by atoms with E-state index in [1.807, 2.05) is 0 Å². The number of nitrogens with zero attached hydrogens (tertiary/aromatic N) is 2. The molecule has 5 nitrogen and oxygen atoms in total. The molecule has 0 unspecified atom stereocenters. The van der Waals surface area contributed by atoms with E-state index in [2.05, 4.69) is 9.97 Å². The number of aromatic nitrogens is 2. The number of benzene rings is 1. The molecule has 15 heavy (non-hydrogen) atoms. The molecule has 78 valence electrons. The molecule has 0 atom stereocenters. The van der Waals surface area contributed by atoms with Crippen LogP contribution in [0.4, 0.5) is 5.69 Å². The number of ether oxygens (including phenoxy) is 2. The first-order valence-corrected chi connectivity index (χ1v) is 4.40. The lowest BCUT2D eigenvalue weighted by Gasteiger charge is -2.06. The minimum atomic E-state index is 0.357. The van der Waals surface area contributed by atoms with Crippen LogP contribution < -0.4 is 15.2 Å². The van der Waals surface area contributed by atoms with Crippen LogP contribution in [0.2, 0.25) is 0 Å². The van der Waals surface area contributed by atoms with Crippen molar-refractivity contribution in [2.45, 2.75) is 0 Å². The van der Waals surface area contributed by atoms with Crippen LogP contribution in [0.3, 0.4) is 0 Å². The zero-order chi connectivity index (χ0) is 10.8. The molecular formula is C10H11N3O2. The van der Waals surface area contributed by atoms with Crippen molar-refractivity contribution in [1.82, 2.24) is 9.97 Å². The minimum absolute atomic E-state index is 0.357. The van der Waals surface area contributed by atoms with Gasteiger partial charge in [0.25, 0.3) is 11.8 Å². The van der Waals surface area contributed by atoms with E-state index in [-0.39, 0.29) is 0 Å². The average molecular weight is 205 g/mol.